The van der Waals surface area contributed by atoms with Crippen LogP contribution in [0.15, 0.2) is 12.5 Å². The molecule has 100 valence electrons. The van der Waals surface area contributed by atoms with Gasteiger partial charge in [0.1, 0.15) is 12.1 Å². The first kappa shape index (κ1) is 13.2. The first-order valence-electron chi connectivity index (χ1n) is 6.55. The first-order chi connectivity index (χ1) is 8.68. The Morgan fingerprint density at radius 3 is 3.11 bits per heavy atom. The molecule has 0 bridgehead atoms. The van der Waals surface area contributed by atoms with Crippen molar-refractivity contribution in [2.45, 2.75) is 39.4 Å². The molecule has 0 amide bonds. The number of hydrogen-bond acceptors (Lipinski definition) is 5. The molecule has 2 rings (SSSR count). The van der Waals surface area contributed by atoms with Crippen LogP contribution in [-0.4, -0.2) is 41.8 Å². The van der Waals surface area contributed by atoms with Crippen LogP contribution in [0.4, 0.5) is 5.82 Å². The summed E-state index contributed by atoms with van der Waals surface area (Å²) in [5.74, 6) is 1.04. The fraction of sp³-hybridized carbons (Fsp3) is 0.692. The summed E-state index contributed by atoms with van der Waals surface area (Å²) in [5.41, 5.74) is 1.15. The molecule has 1 aliphatic heterocycles. The van der Waals surface area contributed by atoms with E-state index in [1.54, 1.807) is 6.33 Å². The van der Waals surface area contributed by atoms with E-state index in [9.17, 15) is 0 Å². The summed E-state index contributed by atoms with van der Waals surface area (Å²) in [4.78, 5) is 10.9. The number of nitrogens with zero attached hydrogens (tertiary/aromatic N) is 3. The summed E-state index contributed by atoms with van der Waals surface area (Å²) < 4.78 is 5.47. The molecule has 1 aliphatic rings. The van der Waals surface area contributed by atoms with Gasteiger partial charge in [-0.15, -0.1) is 0 Å². The van der Waals surface area contributed by atoms with Crippen LogP contribution in [0.5, 0.6) is 0 Å². The quantitative estimate of drug-likeness (QED) is 0.870. The Labute approximate surface area is 109 Å². The molecule has 1 N–H and O–H groups in total. The van der Waals surface area contributed by atoms with E-state index in [-0.39, 0.29) is 0 Å². The Kier molecular flexibility index (Phi) is 4.49. The fourth-order valence-electron chi connectivity index (χ4n) is 2.09. The van der Waals surface area contributed by atoms with Crippen molar-refractivity contribution >= 4 is 5.82 Å². The molecule has 0 saturated carbocycles. The standard InChI is InChI=1S/C13H22N4O/c1-10(2)15-7-12-6-14-9-16-13(12)17-4-5-18-8-11(17)3/h6,9-11,15H,4-5,7-8H2,1-3H3. The normalized spacial score (nSPS) is 20.4. The van der Waals surface area contributed by atoms with Crippen LogP contribution in [0.1, 0.15) is 26.3 Å². The number of morpholine rings is 1. The van der Waals surface area contributed by atoms with E-state index in [2.05, 4.69) is 41.0 Å². The van der Waals surface area contributed by atoms with Gasteiger partial charge < -0.3 is 15.0 Å². The number of ether oxygens (including phenoxy) is 1. The average Bonchev–Trinajstić information content (AvgIpc) is 2.37. The Bertz CT molecular complexity index is 383. The number of hydrogen-bond donors (Lipinski definition) is 1. The van der Waals surface area contributed by atoms with Crippen molar-refractivity contribution in [3.63, 3.8) is 0 Å². The lowest BCUT2D eigenvalue weighted by Gasteiger charge is -2.35. The van der Waals surface area contributed by atoms with Crippen molar-refractivity contribution in [3.8, 4) is 0 Å². The van der Waals surface area contributed by atoms with Gasteiger partial charge >= 0.3 is 0 Å². The molecule has 2 heterocycles. The van der Waals surface area contributed by atoms with E-state index < -0.39 is 0 Å². The van der Waals surface area contributed by atoms with Gasteiger partial charge in [0.15, 0.2) is 0 Å². The highest BCUT2D eigenvalue weighted by Gasteiger charge is 2.22. The number of anilines is 1. The number of nitrogens with one attached hydrogen (secondary N) is 1. The maximum atomic E-state index is 5.47. The molecule has 5 nitrogen and oxygen atoms in total. The average molecular weight is 250 g/mol. The first-order valence-corrected chi connectivity index (χ1v) is 6.55. The van der Waals surface area contributed by atoms with Crippen LogP contribution in [0.25, 0.3) is 0 Å². The molecule has 1 atom stereocenters. The van der Waals surface area contributed by atoms with Crippen molar-refractivity contribution in [1.82, 2.24) is 15.3 Å². The molecular weight excluding hydrogens is 228 g/mol. The van der Waals surface area contributed by atoms with Gasteiger partial charge in [0, 0.05) is 30.9 Å². The van der Waals surface area contributed by atoms with Crippen LogP contribution in [0.2, 0.25) is 0 Å². The predicted octanol–water partition coefficient (Wildman–Crippen LogP) is 1.20. The molecule has 18 heavy (non-hydrogen) atoms. The van der Waals surface area contributed by atoms with E-state index in [1.165, 1.54) is 0 Å². The van der Waals surface area contributed by atoms with E-state index in [0.717, 1.165) is 37.7 Å². The van der Waals surface area contributed by atoms with E-state index in [0.29, 0.717) is 12.1 Å². The molecule has 0 radical (unpaired) electrons. The van der Waals surface area contributed by atoms with Gasteiger partial charge in [-0.05, 0) is 6.92 Å². The van der Waals surface area contributed by atoms with Crippen molar-refractivity contribution in [2.75, 3.05) is 24.7 Å². The maximum Gasteiger partial charge on any atom is 0.136 e. The summed E-state index contributed by atoms with van der Waals surface area (Å²) in [6, 6.07) is 0.826. The maximum absolute atomic E-state index is 5.47. The van der Waals surface area contributed by atoms with Crippen molar-refractivity contribution in [1.29, 1.82) is 0 Å². The molecule has 1 aromatic heterocycles. The molecule has 0 spiro atoms. The zero-order valence-corrected chi connectivity index (χ0v) is 11.4. The highest BCUT2D eigenvalue weighted by atomic mass is 16.5. The minimum absolute atomic E-state index is 0.367. The molecule has 0 aromatic carbocycles. The van der Waals surface area contributed by atoms with E-state index >= 15 is 0 Å². The van der Waals surface area contributed by atoms with Gasteiger partial charge in [0.25, 0.3) is 0 Å². The summed E-state index contributed by atoms with van der Waals surface area (Å²) in [6.07, 6.45) is 3.52. The smallest absolute Gasteiger partial charge is 0.136 e. The van der Waals surface area contributed by atoms with Crippen LogP contribution in [0, 0.1) is 0 Å². The van der Waals surface area contributed by atoms with Gasteiger partial charge in [-0.1, -0.05) is 13.8 Å². The second-order valence-corrected chi connectivity index (χ2v) is 5.02. The van der Waals surface area contributed by atoms with Crippen molar-refractivity contribution in [2.24, 2.45) is 0 Å². The van der Waals surface area contributed by atoms with Crippen LogP contribution in [0.3, 0.4) is 0 Å². The Hall–Kier alpha value is -1.20. The minimum Gasteiger partial charge on any atom is -0.377 e. The second kappa shape index (κ2) is 6.11. The van der Waals surface area contributed by atoms with E-state index in [1.807, 2.05) is 6.20 Å². The monoisotopic (exact) mass is 250 g/mol. The number of rotatable bonds is 4. The van der Waals surface area contributed by atoms with Gasteiger partial charge in [-0.2, -0.15) is 0 Å². The predicted molar refractivity (Wildman–Crippen MR) is 71.6 cm³/mol. The van der Waals surface area contributed by atoms with Crippen LogP contribution in [-0.2, 0) is 11.3 Å². The molecule has 0 aliphatic carbocycles. The summed E-state index contributed by atoms with van der Waals surface area (Å²) in [5, 5.41) is 3.42. The molecular formula is C13H22N4O. The van der Waals surface area contributed by atoms with Gasteiger partial charge in [-0.3, -0.25) is 0 Å². The van der Waals surface area contributed by atoms with Crippen molar-refractivity contribution < 1.29 is 4.74 Å². The lowest BCUT2D eigenvalue weighted by Crippen LogP contribution is -2.44. The molecule has 1 aromatic rings. The lowest BCUT2D eigenvalue weighted by molar-refractivity contribution is 0.0984. The fourth-order valence-corrected chi connectivity index (χ4v) is 2.09. The minimum atomic E-state index is 0.367. The van der Waals surface area contributed by atoms with Gasteiger partial charge in [0.05, 0.1) is 19.3 Å². The Balaban J connectivity index is 2.15. The van der Waals surface area contributed by atoms with Crippen LogP contribution >= 0.6 is 0 Å². The largest absolute Gasteiger partial charge is 0.377 e. The number of aromatic nitrogens is 2. The third-order valence-corrected chi connectivity index (χ3v) is 3.10. The molecule has 1 fully saturated rings. The lowest BCUT2D eigenvalue weighted by atomic mass is 10.2. The summed E-state index contributed by atoms with van der Waals surface area (Å²) >= 11 is 0. The molecule has 5 heteroatoms. The zero-order valence-electron chi connectivity index (χ0n) is 11.4. The SMILES string of the molecule is CC(C)NCc1cncnc1N1CCOCC1C. The summed E-state index contributed by atoms with van der Waals surface area (Å²) in [7, 11) is 0. The highest BCUT2D eigenvalue weighted by molar-refractivity contribution is 5.46. The Morgan fingerprint density at radius 1 is 1.56 bits per heavy atom. The Morgan fingerprint density at radius 2 is 2.39 bits per heavy atom. The third-order valence-electron chi connectivity index (χ3n) is 3.10. The van der Waals surface area contributed by atoms with Gasteiger partial charge in [-0.25, -0.2) is 9.97 Å². The van der Waals surface area contributed by atoms with Crippen molar-refractivity contribution in [3.05, 3.63) is 18.1 Å². The zero-order chi connectivity index (χ0) is 13.0. The third kappa shape index (κ3) is 3.17. The molecule has 1 unspecified atom stereocenters. The second-order valence-electron chi connectivity index (χ2n) is 5.02. The topological polar surface area (TPSA) is 50.3 Å². The van der Waals surface area contributed by atoms with E-state index in [4.69, 9.17) is 4.74 Å². The summed E-state index contributed by atoms with van der Waals surface area (Å²) in [6.45, 7) is 9.68. The molecule has 1 saturated heterocycles. The van der Waals surface area contributed by atoms with Crippen LogP contribution < -0.4 is 10.2 Å². The van der Waals surface area contributed by atoms with Gasteiger partial charge in [0.2, 0.25) is 0 Å². The highest BCUT2D eigenvalue weighted by Crippen LogP contribution is 2.20.